The van der Waals surface area contributed by atoms with E-state index in [0.29, 0.717) is 18.2 Å². The van der Waals surface area contributed by atoms with E-state index in [-0.39, 0.29) is 5.56 Å². The quantitative estimate of drug-likeness (QED) is 0.377. The van der Waals surface area contributed by atoms with Gasteiger partial charge in [0, 0.05) is 24.2 Å². The molecule has 1 aromatic heterocycles. The van der Waals surface area contributed by atoms with Crippen LogP contribution < -0.4 is 10.9 Å². The summed E-state index contributed by atoms with van der Waals surface area (Å²) < 4.78 is 0. The molecule has 0 aliphatic rings. The Hall–Kier alpha value is -2.70. The normalized spacial score (nSPS) is 11.2. The third-order valence-electron chi connectivity index (χ3n) is 5.59. The number of H-pyrrole nitrogens is 1. The maximum Gasteiger partial charge on any atom is 0.253 e. The lowest BCUT2D eigenvalue weighted by Crippen LogP contribution is -2.40. The molecule has 0 unspecified atom stereocenters. The molecule has 0 aliphatic heterocycles. The number of pyridine rings is 1. The van der Waals surface area contributed by atoms with Crippen LogP contribution in [0.2, 0.25) is 0 Å². The summed E-state index contributed by atoms with van der Waals surface area (Å²) in [5, 5.41) is 5.11. The van der Waals surface area contributed by atoms with Gasteiger partial charge in [0.15, 0.2) is 5.11 Å². The lowest BCUT2D eigenvalue weighted by atomic mass is 10.1. The van der Waals surface area contributed by atoms with E-state index in [4.69, 9.17) is 12.2 Å². The van der Waals surface area contributed by atoms with Gasteiger partial charge in [-0.1, -0.05) is 42.8 Å². The van der Waals surface area contributed by atoms with E-state index in [1.807, 2.05) is 12.1 Å². The zero-order valence-electron chi connectivity index (χ0n) is 19.6. The van der Waals surface area contributed by atoms with Gasteiger partial charge in [0.2, 0.25) is 0 Å². The molecule has 170 valence electrons. The Kier molecular flexibility index (Phi) is 8.42. The van der Waals surface area contributed by atoms with Crippen molar-refractivity contribution in [2.24, 2.45) is 0 Å². The number of aromatic nitrogens is 1. The number of aryl methyl sites for hydroxylation is 2. The van der Waals surface area contributed by atoms with Crippen molar-refractivity contribution in [1.29, 1.82) is 0 Å². The zero-order chi connectivity index (χ0) is 23.1. The van der Waals surface area contributed by atoms with Crippen LogP contribution in [0.4, 0.5) is 0 Å². The number of hydrogen-bond acceptors (Lipinski definition) is 3. The van der Waals surface area contributed by atoms with E-state index in [9.17, 15) is 4.79 Å². The van der Waals surface area contributed by atoms with Crippen molar-refractivity contribution in [2.75, 3.05) is 27.2 Å². The van der Waals surface area contributed by atoms with Crippen molar-refractivity contribution in [3.05, 3.63) is 81.1 Å². The van der Waals surface area contributed by atoms with Crippen molar-refractivity contribution in [3.8, 4) is 0 Å². The zero-order valence-corrected chi connectivity index (χ0v) is 20.4. The molecule has 0 fully saturated rings. The number of nitrogens with one attached hydrogen (secondary N) is 2. The maximum absolute atomic E-state index is 12.8. The molecule has 0 bridgehead atoms. The van der Waals surface area contributed by atoms with Crippen LogP contribution in [0.5, 0.6) is 0 Å². The third kappa shape index (κ3) is 6.65. The van der Waals surface area contributed by atoms with Crippen LogP contribution in [-0.4, -0.2) is 47.1 Å². The summed E-state index contributed by atoms with van der Waals surface area (Å²) in [6.07, 6.45) is 1.97. The van der Waals surface area contributed by atoms with Crippen molar-refractivity contribution in [2.45, 2.75) is 39.8 Å². The molecule has 0 atom stereocenters. The number of aromatic amines is 1. The monoisotopic (exact) mass is 450 g/mol. The van der Waals surface area contributed by atoms with Crippen LogP contribution >= 0.6 is 12.2 Å². The van der Waals surface area contributed by atoms with E-state index < -0.39 is 0 Å². The van der Waals surface area contributed by atoms with E-state index in [0.717, 1.165) is 42.4 Å². The van der Waals surface area contributed by atoms with E-state index in [1.54, 1.807) is 0 Å². The topological polar surface area (TPSA) is 51.4 Å². The molecule has 2 aromatic carbocycles. The fraction of sp³-hybridized carbons (Fsp3) is 0.385. The number of hydrogen-bond donors (Lipinski definition) is 2. The number of nitrogens with zero attached hydrogens (tertiary/aromatic N) is 2. The first-order valence-electron chi connectivity index (χ1n) is 11.2. The average Bonchev–Trinajstić information content (AvgIpc) is 2.77. The first kappa shape index (κ1) is 24.0. The lowest BCUT2D eigenvalue weighted by molar-refractivity contribution is 0.383. The smallest absolute Gasteiger partial charge is 0.253 e. The molecule has 0 saturated carbocycles. The lowest BCUT2D eigenvalue weighted by Gasteiger charge is -2.26. The summed E-state index contributed by atoms with van der Waals surface area (Å²) in [6, 6.07) is 16.7. The second-order valence-corrected chi connectivity index (χ2v) is 9.02. The van der Waals surface area contributed by atoms with Gasteiger partial charge in [0.05, 0.1) is 6.54 Å². The van der Waals surface area contributed by atoms with Crippen molar-refractivity contribution >= 4 is 28.2 Å². The summed E-state index contributed by atoms with van der Waals surface area (Å²) in [6.45, 7) is 7.11. The maximum atomic E-state index is 12.8. The van der Waals surface area contributed by atoms with Crippen LogP contribution in [0.1, 0.15) is 35.6 Å². The fourth-order valence-electron chi connectivity index (χ4n) is 3.66. The number of benzene rings is 2. The molecule has 32 heavy (non-hydrogen) atoms. The molecular weight excluding hydrogens is 416 g/mol. The van der Waals surface area contributed by atoms with Gasteiger partial charge in [-0.3, -0.25) is 4.79 Å². The molecule has 0 aliphatic carbocycles. The van der Waals surface area contributed by atoms with Crippen molar-refractivity contribution < 1.29 is 0 Å². The van der Waals surface area contributed by atoms with Gasteiger partial charge in [-0.05, 0) is 87.3 Å². The Labute approximate surface area is 196 Å². The Bertz CT molecular complexity index is 1110. The average molecular weight is 451 g/mol. The second-order valence-electron chi connectivity index (χ2n) is 8.63. The minimum absolute atomic E-state index is 0.0638. The van der Waals surface area contributed by atoms with Gasteiger partial charge in [-0.25, -0.2) is 0 Å². The molecule has 2 N–H and O–H groups in total. The molecule has 3 rings (SSSR count). The molecule has 0 radical (unpaired) electrons. The van der Waals surface area contributed by atoms with Gasteiger partial charge in [-0.15, -0.1) is 0 Å². The van der Waals surface area contributed by atoms with Crippen LogP contribution in [0.15, 0.2) is 53.3 Å². The van der Waals surface area contributed by atoms with Crippen LogP contribution in [0.25, 0.3) is 10.9 Å². The highest BCUT2D eigenvalue weighted by atomic mass is 32.1. The Morgan fingerprint density at radius 2 is 1.75 bits per heavy atom. The minimum atomic E-state index is -0.0638. The van der Waals surface area contributed by atoms with Crippen molar-refractivity contribution in [3.63, 3.8) is 0 Å². The van der Waals surface area contributed by atoms with E-state index in [2.05, 4.69) is 84.4 Å². The standard InChI is InChI=1S/C26H34N4OS/c1-5-20-11-12-24-22(15-20)16-23(25(31)28-24)18-30(17-21-9-7-19(2)8-10-21)26(32)27-13-6-14-29(3)4/h7-12,15-16H,5-6,13-14,17-18H2,1-4H3,(H,27,32)(H,28,31). The van der Waals surface area contributed by atoms with E-state index >= 15 is 0 Å². The summed E-state index contributed by atoms with van der Waals surface area (Å²) in [7, 11) is 4.13. The molecule has 0 amide bonds. The number of rotatable bonds is 9. The SMILES string of the molecule is CCc1ccc2[nH]c(=O)c(CN(Cc3ccc(C)cc3)C(=S)NCCCN(C)C)cc2c1. The Morgan fingerprint density at radius 1 is 1.03 bits per heavy atom. The molecule has 6 heteroatoms. The van der Waals surface area contributed by atoms with Gasteiger partial charge < -0.3 is 20.1 Å². The predicted molar refractivity (Wildman–Crippen MR) is 138 cm³/mol. The summed E-state index contributed by atoms with van der Waals surface area (Å²) in [4.78, 5) is 20.1. The molecule has 5 nitrogen and oxygen atoms in total. The highest BCUT2D eigenvalue weighted by molar-refractivity contribution is 7.80. The van der Waals surface area contributed by atoms with Crippen LogP contribution in [-0.2, 0) is 19.5 Å². The summed E-state index contributed by atoms with van der Waals surface area (Å²) in [5.74, 6) is 0. The second kappa shape index (κ2) is 11.2. The van der Waals surface area contributed by atoms with Gasteiger partial charge in [0.1, 0.15) is 0 Å². The van der Waals surface area contributed by atoms with Crippen LogP contribution in [0.3, 0.4) is 0 Å². The third-order valence-corrected chi connectivity index (χ3v) is 6.00. The van der Waals surface area contributed by atoms with Gasteiger partial charge >= 0.3 is 0 Å². The highest BCUT2D eigenvalue weighted by Crippen LogP contribution is 2.16. The first-order chi connectivity index (χ1) is 15.4. The Morgan fingerprint density at radius 3 is 2.44 bits per heavy atom. The minimum Gasteiger partial charge on any atom is -0.363 e. The Balaban J connectivity index is 1.83. The van der Waals surface area contributed by atoms with Crippen LogP contribution in [0, 0.1) is 6.92 Å². The number of fused-ring (bicyclic) bond motifs is 1. The van der Waals surface area contributed by atoms with Gasteiger partial charge in [0.25, 0.3) is 5.56 Å². The summed E-state index contributed by atoms with van der Waals surface area (Å²) in [5.41, 5.74) is 5.16. The first-order valence-corrected chi connectivity index (χ1v) is 11.6. The number of thiocarbonyl (C=S) groups is 1. The van der Waals surface area contributed by atoms with Gasteiger partial charge in [-0.2, -0.15) is 0 Å². The molecule has 0 saturated heterocycles. The summed E-state index contributed by atoms with van der Waals surface area (Å²) >= 11 is 5.75. The molecular formula is C26H34N4OS. The molecule has 1 heterocycles. The van der Waals surface area contributed by atoms with Crippen molar-refractivity contribution in [1.82, 2.24) is 20.1 Å². The largest absolute Gasteiger partial charge is 0.363 e. The molecule has 3 aromatic rings. The molecule has 0 spiro atoms. The highest BCUT2D eigenvalue weighted by Gasteiger charge is 2.14. The predicted octanol–water partition coefficient (Wildman–Crippen LogP) is 4.23. The van der Waals surface area contributed by atoms with E-state index in [1.165, 1.54) is 16.7 Å². The fourth-order valence-corrected chi connectivity index (χ4v) is 3.89.